The van der Waals surface area contributed by atoms with Gasteiger partial charge in [-0.15, -0.1) is 0 Å². The van der Waals surface area contributed by atoms with Crippen molar-refractivity contribution in [1.82, 2.24) is 10.2 Å². The van der Waals surface area contributed by atoms with Gasteiger partial charge in [0, 0.05) is 38.4 Å². The van der Waals surface area contributed by atoms with Gasteiger partial charge in [-0.25, -0.2) is 4.79 Å². The summed E-state index contributed by atoms with van der Waals surface area (Å²) in [5.41, 5.74) is -0.0986. The Kier molecular flexibility index (Phi) is 5.96. The third-order valence-electron chi connectivity index (χ3n) is 4.10. The lowest BCUT2D eigenvalue weighted by Gasteiger charge is -2.36. The van der Waals surface area contributed by atoms with E-state index in [2.05, 4.69) is 19.2 Å². The van der Waals surface area contributed by atoms with E-state index < -0.39 is 11.7 Å². The molecule has 1 saturated heterocycles. The summed E-state index contributed by atoms with van der Waals surface area (Å²) in [7, 11) is 0. The quantitative estimate of drug-likeness (QED) is 0.907. The van der Waals surface area contributed by atoms with Crippen LogP contribution in [0.25, 0.3) is 0 Å². The van der Waals surface area contributed by atoms with E-state index in [4.69, 9.17) is 0 Å². The van der Waals surface area contributed by atoms with Gasteiger partial charge in [-0.1, -0.05) is 19.9 Å². The number of anilines is 1. The third-order valence-corrected chi connectivity index (χ3v) is 4.10. The molecule has 2 amide bonds. The molecule has 134 valence electrons. The monoisotopic (exact) mass is 343 g/mol. The Morgan fingerprint density at radius 1 is 1.21 bits per heavy atom. The van der Waals surface area contributed by atoms with E-state index in [0.29, 0.717) is 44.3 Å². The van der Waals surface area contributed by atoms with Gasteiger partial charge in [0.25, 0.3) is 0 Å². The summed E-state index contributed by atoms with van der Waals surface area (Å²) < 4.78 is 38.4. The second-order valence-electron chi connectivity index (χ2n) is 6.44. The second kappa shape index (κ2) is 7.77. The predicted molar refractivity (Wildman–Crippen MR) is 88.1 cm³/mol. The first-order valence-electron chi connectivity index (χ1n) is 8.22. The van der Waals surface area contributed by atoms with E-state index in [1.54, 1.807) is 11.0 Å². The van der Waals surface area contributed by atoms with Crippen molar-refractivity contribution in [2.45, 2.75) is 26.4 Å². The van der Waals surface area contributed by atoms with Crippen molar-refractivity contribution < 1.29 is 18.0 Å². The molecule has 1 aromatic rings. The summed E-state index contributed by atoms with van der Waals surface area (Å²) in [5, 5.41) is 2.89. The Hall–Kier alpha value is -1.92. The van der Waals surface area contributed by atoms with Crippen LogP contribution in [0, 0.1) is 5.92 Å². The third kappa shape index (κ3) is 5.04. The van der Waals surface area contributed by atoms with Gasteiger partial charge in [0.05, 0.1) is 5.56 Å². The number of urea groups is 1. The maximum Gasteiger partial charge on any atom is 0.416 e. The standard InChI is InChI=1S/C17H24F3N3O/c1-13(2)6-7-21-16(24)23-10-8-22(9-11-23)15-5-3-4-14(12-15)17(18,19)20/h3-5,12-13H,6-11H2,1-2H3,(H,21,24). The van der Waals surface area contributed by atoms with Gasteiger partial charge in [0.15, 0.2) is 0 Å². The fraction of sp³-hybridized carbons (Fsp3) is 0.588. The fourth-order valence-corrected chi connectivity index (χ4v) is 2.63. The van der Waals surface area contributed by atoms with Crippen LogP contribution >= 0.6 is 0 Å². The molecule has 2 rings (SSSR count). The summed E-state index contributed by atoms with van der Waals surface area (Å²) in [6.07, 6.45) is -3.41. The minimum absolute atomic E-state index is 0.0978. The Labute approximate surface area is 140 Å². The van der Waals surface area contributed by atoms with Crippen molar-refractivity contribution in [1.29, 1.82) is 0 Å². The van der Waals surface area contributed by atoms with Crippen LogP contribution in [0.3, 0.4) is 0 Å². The maximum atomic E-state index is 12.8. The molecule has 1 aliphatic rings. The number of amides is 2. The van der Waals surface area contributed by atoms with Crippen LogP contribution < -0.4 is 10.2 Å². The van der Waals surface area contributed by atoms with E-state index >= 15 is 0 Å². The highest BCUT2D eigenvalue weighted by atomic mass is 19.4. The van der Waals surface area contributed by atoms with E-state index in [1.165, 1.54) is 12.1 Å². The lowest BCUT2D eigenvalue weighted by atomic mass is 10.1. The Bertz CT molecular complexity index is 552. The summed E-state index contributed by atoms with van der Waals surface area (Å²) in [5.74, 6) is 0.531. The molecule has 1 N–H and O–H groups in total. The number of carbonyl (C=O) groups is 1. The van der Waals surface area contributed by atoms with Crippen molar-refractivity contribution in [2.24, 2.45) is 5.92 Å². The summed E-state index contributed by atoms with van der Waals surface area (Å²) in [6, 6.07) is 5.23. The van der Waals surface area contributed by atoms with Crippen molar-refractivity contribution in [2.75, 3.05) is 37.6 Å². The fourth-order valence-electron chi connectivity index (χ4n) is 2.63. The van der Waals surface area contributed by atoms with Crippen LogP contribution in [-0.4, -0.2) is 43.7 Å². The molecule has 1 fully saturated rings. The molecule has 0 aliphatic carbocycles. The van der Waals surface area contributed by atoms with Crippen molar-refractivity contribution in [3.63, 3.8) is 0 Å². The Morgan fingerprint density at radius 3 is 2.46 bits per heavy atom. The molecule has 1 aliphatic heterocycles. The average Bonchev–Trinajstić information content (AvgIpc) is 2.54. The molecule has 7 heteroatoms. The lowest BCUT2D eigenvalue weighted by Crippen LogP contribution is -2.52. The number of carbonyl (C=O) groups excluding carboxylic acids is 1. The number of nitrogens with zero attached hydrogens (tertiary/aromatic N) is 2. The smallest absolute Gasteiger partial charge is 0.368 e. The minimum Gasteiger partial charge on any atom is -0.368 e. The van der Waals surface area contributed by atoms with E-state index in [1.807, 2.05) is 4.90 Å². The molecule has 0 atom stereocenters. The van der Waals surface area contributed by atoms with Gasteiger partial charge in [0.2, 0.25) is 0 Å². The molecular weight excluding hydrogens is 319 g/mol. The van der Waals surface area contributed by atoms with Crippen LogP contribution in [0.4, 0.5) is 23.7 Å². The zero-order valence-corrected chi connectivity index (χ0v) is 14.1. The van der Waals surface area contributed by atoms with Gasteiger partial charge in [-0.05, 0) is 30.5 Å². The highest BCUT2D eigenvalue weighted by Crippen LogP contribution is 2.31. The molecule has 0 saturated carbocycles. The van der Waals surface area contributed by atoms with Crippen molar-refractivity contribution in [3.8, 4) is 0 Å². The molecule has 0 spiro atoms. The first-order valence-corrected chi connectivity index (χ1v) is 8.22. The van der Waals surface area contributed by atoms with Gasteiger partial charge < -0.3 is 15.1 Å². The number of hydrogen-bond acceptors (Lipinski definition) is 2. The van der Waals surface area contributed by atoms with Crippen molar-refractivity contribution >= 4 is 11.7 Å². The number of piperazine rings is 1. The van der Waals surface area contributed by atoms with Crippen LogP contribution in [0.15, 0.2) is 24.3 Å². The summed E-state index contributed by atoms with van der Waals surface area (Å²) in [6.45, 7) is 6.90. The highest BCUT2D eigenvalue weighted by Gasteiger charge is 2.31. The van der Waals surface area contributed by atoms with Gasteiger partial charge in [-0.3, -0.25) is 0 Å². The average molecular weight is 343 g/mol. The minimum atomic E-state index is -4.34. The molecule has 1 heterocycles. The van der Waals surface area contributed by atoms with Gasteiger partial charge in [0.1, 0.15) is 0 Å². The molecular formula is C17H24F3N3O. The van der Waals surface area contributed by atoms with Gasteiger partial charge >= 0.3 is 12.2 Å². The molecule has 24 heavy (non-hydrogen) atoms. The molecule has 0 bridgehead atoms. The van der Waals surface area contributed by atoms with E-state index in [-0.39, 0.29) is 6.03 Å². The number of alkyl halides is 3. The highest BCUT2D eigenvalue weighted by molar-refractivity contribution is 5.74. The zero-order valence-electron chi connectivity index (χ0n) is 14.1. The molecule has 0 radical (unpaired) electrons. The van der Waals surface area contributed by atoms with Crippen LogP contribution in [0.2, 0.25) is 0 Å². The normalized spacial score (nSPS) is 15.8. The number of rotatable bonds is 4. The van der Waals surface area contributed by atoms with E-state index in [0.717, 1.165) is 12.5 Å². The van der Waals surface area contributed by atoms with E-state index in [9.17, 15) is 18.0 Å². The van der Waals surface area contributed by atoms with Crippen LogP contribution in [-0.2, 0) is 6.18 Å². The topological polar surface area (TPSA) is 35.6 Å². The molecule has 0 aromatic heterocycles. The summed E-state index contributed by atoms with van der Waals surface area (Å²) in [4.78, 5) is 15.7. The van der Waals surface area contributed by atoms with Gasteiger partial charge in [-0.2, -0.15) is 13.2 Å². The maximum absolute atomic E-state index is 12.8. The lowest BCUT2D eigenvalue weighted by molar-refractivity contribution is -0.137. The Balaban J connectivity index is 1.87. The predicted octanol–water partition coefficient (Wildman–Crippen LogP) is 3.58. The second-order valence-corrected chi connectivity index (χ2v) is 6.44. The molecule has 0 unspecified atom stereocenters. The largest absolute Gasteiger partial charge is 0.416 e. The first kappa shape index (κ1) is 18.4. The van der Waals surface area contributed by atoms with Crippen LogP contribution in [0.1, 0.15) is 25.8 Å². The van der Waals surface area contributed by atoms with Crippen LogP contribution in [0.5, 0.6) is 0 Å². The van der Waals surface area contributed by atoms with Crippen molar-refractivity contribution in [3.05, 3.63) is 29.8 Å². The number of hydrogen-bond donors (Lipinski definition) is 1. The number of benzene rings is 1. The molecule has 1 aromatic carbocycles. The number of halogens is 3. The number of nitrogens with one attached hydrogen (secondary N) is 1. The first-order chi connectivity index (χ1) is 11.3. The SMILES string of the molecule is CC(C)CCNC(=O)N1CCN(c2cccc(C(F)(F)F)c2)CC1. The summed E-state index contributed by atoms with van der Waals surface area (Å²) >= 11 is 0. The Morgan fingerprint density at radius 2 is 1.88 bits per heavy atom. The zero-order chi connectivity index (χ0) is 17.7. The molecule has 4 nitrogen and oxygen atoms in total.